The van der Waals surface area contributed by atoms with E-state index in [4.69, 9.17) is 4.74 Å². The summed E-state index contributed by atoms with van der Waals surface area (Å²) in [4.78, 5) is 31.4. The van der Waals surface area contributed by atoms with E-state index >= 15 is 0 Å². The molecule has 140 valence electrons. The van der Waals surface area contributed by atoms with E-state index in [1.165, 1.54) is 0 Å². The Morgan fingerprint density at radius 3 is 3.00 bits per heavy atom. The number of hydrogen-bond acceptors (Lipinski definition) is 4. The molecule has 0 bridgehead atoms. The van der Waals surface area contributed by atoms with Gasteiger partial charge in [0.1, 0.15) is 0 Å². The zero-order valence-corrected chi connectivity index (χ0v) is 15.4. The molecular formula is C19H26N4O3. The number of unbranched alkanes of at least 4 members (excludes halogenated alkanes) is 1. The summed E-state index contributed by atoms with van der Waals surface area (Å²) < 4.78 is 7.21. The van der Waals surface area contributed by atoms with Crippen LogP contribution in [0.1, 0.15) is 53.7 Å². The summed E-state index contributed by atoms with van der Waals surface area (Å²) in [6, 6.07) is 5.47. The summed E-state index contributed by atoms with van der Waals surface area (Å²) in [6.07, 6.45) is 5.74. The lowest BCUT2D eigenvalue weighted by molar-refractivity contribution is 0.0789. The zero-order chi connectivity index (χ0) is 18.5. The number of pyridine rings is 1. The van der Waals surface area contributed by atoms with Gasteiger partial charge in [-0.1, -0.05) is 19.4 Å². The van der Waals surface area contributed by atoms with Gasteiger partial charge in [-0.25, -0.2) is 4.98 Å². The van der Waals surface area contributed by atoms with E-state index < -0.39 is 0 Å². The van der Waals surface area contributed by atoms with Crippen LogP contribution in [0.25, 0.3) is 5.52 Å². The fourth-order valence-electron chi connectivity index (χ4n) is 3.12. The van der Waals surface area contributed by atoms with Crippen molar-refractivity contribution in [2.75, 3.05) is 26.7 Å². The van der Waals surface area contributed by atoms with Gasteiger partial charge in [0, 0.05) is 32.9 Å². The third kappa shape index (κ3) is 3.88. The van der Waals surface area contributed by atoms with Crippen molar-refractivity contribution < 1.29 is 14.3 Å². The SMILES string of the molecule is CCCCN(C)C(=O)c1nc(C(=O)NCC2CCCO2)n2ccccc12. The van der Waals surface area contributed by atoms with E-state index in [2.05, 4.69) is 17.2 Å². The van der Waals surface area contributed by atoms with E-state index in [0.29, 0.717) is 24.3 Å². The molecule has 1 unspecified atom stereocenters. The van der Waals surface area contributed by atoms with Crippen molar-refractivity contribution in [3.05, 3.63) is 35.9 Å². The number of hydrogen-bond donors (Lipinski definition) is 1. The smallest absolute Gasteiger partial charge is 0.287 e. The summed E-state index contributed by atoms with van der Waals surface area (Å²) in [5.74, 6) is -0.233. The quantitative estimate of drug-likeness (QED) is 0.822. The Morgan fingerprint density at radius 2 is 2.27 bits per heavy atom. The number of imidazole rings is 1. The molecular weight excluding hydrogens is 332 g/mol. The Hall–Kier alpha value is -2.41. The first-order valence-corrected chi connectivity index (χ1v) is 9.24. The highest BCUT2D eigenvalue weighted by molar-refractivity contribution is 6.02. The molecule has 1 fully saturated rings. The summed E-state index contributed by atoms with van der Waals surface area (Å²) in [6.45, 7) is 3.96. The highest BCUT2D eigenvalue weighted by atomic mass is 16.5. The lowest BCUT2D eigenvalue weighted by atomic mass is 10.2. The van der Waals surface area contributed by atoms with Crippen LogP contribution >= 0.6 is 0 Å². The van der Waals surface area contributed by atoms with E-state index in [1.807, 2.05) is 18.2 Å². The van der Waals surface area contributed by atoms with Gasteiger partial charge < -0.3 is 15.0 Å². The van der Waals surface area contributed by atoms with E-state index in [9.17, 15) is 9.59 Å². The van der Waals surface area contributed by atoms with Crippen LogP contribution in [-0.4, -0.2) is 58.9 Å². The van der Waals surface area contributed by atoms with E-state index in [1.54, 1.807) is 22.5 Å². The maximum Gasteiger partial charge on any atom is 0.287 e. The fourth-order valence-corrected chi connectivity index (χ4v) is 3.12. The molecule has 1 atom stereocenters. The van der Waals surface area contributed by atoms with Crippen molar-refractivity contribution in [3.63, 3.8) is 0 Å². The van der Waals surface area contributed by atoms with Crippen molar-refractivity contribution in [2.24, 2.45) is 0 Å². The van der Waals surface area contributed by atoms with Gasteiger partial charge >= 0.3 is 0 Å². The Bertz CT molecular complexity index is 780. The van der Waals surface area contributed by atoms with E-state index in [0.717, 1.165) is 32.3 Å². The molecule has 0 spiro atoms. The number of nitrogens with zero attached hydrogens (tertiary/aromatic N) is 3. The summed E-state index contributed by atoms with van der Waals surface area (Å²) >= 11 is 0. The van der Waals surface area contributed by atoms with Crippen molar-refractivity contribution >= 4 is 17.3 Å². The normalized spacial score (nSPS) is 16.8. The van der Waals surface area contributed by atoms with Gasteiger partial charge in [0.2, 0.25) is 5.82 Å². The molecule has 1 aliphatic heterocycles. The van der Waals surface area contributed by atoms with Crippen molar-refractivity contribution in [3.8, 4) is 0 Å². The summed E-state index contributed by atoms with van der Waals surface area (Å²) in [7, 11) is 1.77. The van der Waals surface area contributed by atoms with Gasteiger partial charge in [0.05, 0.1) is 11.6 Å². The van der Waals surface area contributed by atoms with Gasteiger partial charge in [-0.15, -0.1) is 0 Å². The lowest BCUT2D eigenvalue weighted by Gasteiger charge is -2.15. The highest BCUT2D eigenvalue weighted by Gasteiger charge is 2.24. The molecule has 1 saturated heterocycles. The van der Waals surface area contributed by atoms with Crippen LogP contribution in [0.15, 0.2) is 24.4 Å². The Kier molecular flexibility index (Phi) is 5.88. The van der Waals surface area contributed by atoms with Gasteiger partial charge in [-0.2, -0.15) is 0 Å². The molecule has 7 heteroatoms. The number of amides is 2. The molecule has 0 radical (unpaired) electrons. The molecule has 26 heavy (non-hydrogen) atoms. The number of aromatic nitrogens is 2. The predicted molar refractivity (Wildman–Crippen MR) is 98.4 cm³/mol. The van der Waals surface area contributed by atoms with Gasteiger partial charge in [0.25, 0.3) is 11.8 Å². The third-order valence-electron chi connectivity index (χ3n) is 4.66. The average Bonchev–Trinajstić information content (AvgIpc) is 3.31. The molecule has 3 rings (SSSR count). The molecule has 3 heterocycles. The standard InChI is InChI=1S/C19H26N4O3/c1-3-4-10-22(2)19(25)16-15-9-5-6-11-23(15)17(21-16)18(24)20-13-14-8-7-12-26-14/h5-6,9,11,14H,3-4,7-8,10,12-13H2,1-2H3,(H,20,24). The Balaban J connectivity index is 1.82. The monoisotopic (exact) mass is 358 g/mol. The maximum atomic E-state index is 12.8. The molecule has 1 aliphatic rings. The summed E-state index contributed by atoms with van der Waals surface area (Å²) in [5.41, 5.74) is 0.953. The molecule has 0 aromatic carbocycles. The van der Waals surface area contributed by atoms with Crippen LogP contribution in [-0.2, 0) is 4.74 Å². The number of fused-ring (bicyclic) bond motifs is 1. The first-order chi connectivity index (χ1) is 12.6. The highest BCUT2D eigenvalue weighted by Crippen LogP contribution is 2.16. The Labute approximate surface area is 153 Å². The first-order valence-electron chi connectivity index (χ1n) is 9.24. The minimum atomic E-state index is -0.294. The number of nitrogens with one attached hydrogen (secondary N) is 1. The number of ether oxygens (including phenoxy) is 1. The largest absolute Gasteiger partial charge is 0.376 e. The van der Waals surface area contributed by atoms with Crippen LogP contribution in [0.3, 0.4) is 0 Å². The van der Waals surface area contributed by atoms with Crippen LogP contribution in [0.5, 0.6) is 0 Å². The number of carbonyl (C=O) groups is 2. The molecule has 7 nitrogen and oxygen atoms in total. The third-order valence-corrected chi connectivity index (χ3v) is 4.66. The molecule has 2 aromatic heterocycles. The average molecular weight is 358 g/mol. The van der Waals surface area contributed by atoms with Crippen molar-refractivity contribution in [1.82, 2.24) is 19.6 Å². The topological polar surface area (TPSA) is 75.9 Å². The van der Waals surface area contributed by atoms with Crippen LogP contribution in [0.4, 0.5) is 0 Å². The second-order valence-electron chi connectivity index (χ2n) is 6.67. The van der Waals surface area contributed by atoms with Crippen LogP contribution in [0.2, 0.25) is 0 Å². The van der Waals surface area contributed by atoms with E-state index in [-0.39, 0.29) is 23.7 Å². The van der Waals surface area contributed by atoms with Crippen LogP contribution < -0.4 is 5.32 Å². The lowest BCUT2D eigenvalue weighted by Crippen LogP contribution is -2.33. The number of rotatable bonds is 7. The van der Waals surface area contributed by atoms with Crippen molar-refractivity contribution in [1.29, 1.82) is 0 Å². The van der Waals surface area contributed by atoms with Crippen molar-refractivity contribution in [2.45, 2.75) is 38.7 Å². The molecule has 0 saturated carbocycles. The molecule has 2 amide bonds. The zero-order valence-electron chi connectivity index (χ0n) is 15.4. The minimum absolute atomic E-state index is 0.0615. The second-order valence-corrected chi connectivity index (χ2v) is 6.67. The Morgan fingerprint density at radius 1 is 1.42 bits per heavy atom. The molecule has 2 aromatic rings. The second kappa shape index (κ2) is 8.31. The minimum Gasteiger partial charge on any atom is -0.376 e. The van der Waals surface area contributed by atoms with Gasteiger partial charge in [-0.3, -0.25) is 14.0 Å². The molecule has 0 aliphatic carbocycles. The maximum absolute atomic E-state index is 12.8. The number of carbonyl (C=O) groups excluding carboxylic acids is 2. The predicted octanol–water partition coefficient (Wildman–Crippen LogP) is 2.12. The van der Waals surface area contributed by atoms with Gasteiger partial charge in [0.15, 0.2) is 5.69 Å². The first kappa shape index (κ1) is 18.4. The van der Waals surface area contributed by atoms with Crippen LogP contribution in [0, 0.1) is 0 Å². The summed E-state index contributed by atoms with van der Waals surface area (Å²) in [5, 5.41) is 2.88. The fraction of sp³-hybridized carbons (Fsp3) is 0.526. The molecule has 1 N–H and O–H groups in total. The van der Waals surface area contributed by atoms with Gasteiger partial charge in [-0.05, 0) is 31.4 Å².